The number of hydrogen-bond donors (Lipinski definition) is 2. The average Bonchev–Trinajstić information content (AvgIpc) is 2.89. The van der Waals surface area contributed by atoms with E-state index in [2.05, 4.69) is 43.5 Å². The molecule has 1 saturated carbocycles. The minimum atomic E-state index is -1.56. The number of pyridine rings is 2. The zero-order chi connectivity index (χ0) is 26.9. The molecule has 2 bridgehead atoms. The van der Waals surface area contributed by atoms with Gasteiger partial charge in [0, 0.05) is 83.1 Å². The number of alkyl halides is 1. The molecule has 1 aliphatic carbocycles. The number of aldehydes is 1. The van der Waals surface area contributed by atoms with Crippen LogP contribution in [0.5, 0.6) is 0 Å². The van der Waals surface area contributed by atoms with E-state index in [0.29, 0.717) is 48.4 Å². The molecule has 200 valence electrons. The Balaban J connectivity index is 1.40. The Morgan fingerprint density at radius 3 is 2.76 bits per heavy atom. The van der Waals surface area contributed by atoms with E-state index in [-0.39, 0.29) is 36.2 Å². The summed E-state index contributed by atoms with van der Waals surface area (Å²) < 4.78 is 20.8. The second-order valence-corrected chi connectivity index (χ2v) is 10.1. The summed E-state index contributed by atoms with van der Waals surface area (Å²) in [5.74, 6) is 0.401. The fourth-order valence-electron chi connectivity index (χ4n) is 5.29. The third kappa shape index (κ3) is 4.92. The Morgan fingerprint density at radius 2 is 2.08 bits per heavy atom. The van der Waals surface area contributed by atoms with Gasteiger partial charge in [-0.15, -0.1) is 0 Å². The highest BCUT2D eigenvalue weighted by molar-refractivity contribution is 6.03. The molecule has 1 saturated heterocycles. The molecule has 2 aromatic rings. The Kier molecular flexibility index (Phi) is 7.25. The molecule has 11 nitrogen and oxygen atoms in total. The first-order chi connectivity index (χ1) is 18.3. The summed E-state index contributed by atoms with van der Waals surface area (Å²) in [4.78, 5) is 40.0. The fraction of sp³-hybridized carbons (Fsp3) is 0.500. The Hall–Kier alpha value is -3.66. The van der Waals surface area contributed by atoms with Gasteiger partial charge in [-0.25, -0.2) is 19.2 Å². The number of methoxy groups -OCH3 is 1. The van der Waals surface area contributed by atoms with Crippen molar-refractivity contribution >= 4 is 29.6 Å². The maximum Gasteiger partial charge on any atom is 0.328 e. The number of rotatable bonds is 8. The number of nitrogens with zero attached hydrogens (tertiary/aromatic N) is 6. The largest absolute Gasteiger partial charge is 0.383 e. The van der Waals surface area contributed by atoms with E-state index in [1.54, 1.807) is 19.2 Å². The van der Waals surface area contributed by atoms with E-state index in [0.717, 1.165) is 26.2 Å². The van der Waals surface area contributed by atoms with Crippen LogP contribution in [0.4, 0.5) is 26.5 Å². The van der Waals surface area contributed by atoms with Crippen molar-refractivity contribution in [2.75, 3.05) is 69.0 Å². The van der Waals surface area contributed by atoms with Crippen LogP contribution in [0.15, 0.2) is 18.3 Å². The molecule has 0 aromatic carbocycles. The van der Waals surface area contributed by atoms with Gasteiger partial charge >= 0.3 is 6.03 Å². The molecule has 4 aliphatic rings. The van der Waals surface area contributed by atoms with E-state index in [1.807, 2.05) is 0 Å². The molecule has 0 atom stereocenters. The summed E-state index contributed by atoms with van der Waals surface area (Å²) in [6.07, 6.45) is 2.40. The molecule has 2 N–H and O–H groups in total. The average molecular weight is 523 g/mol. The van der Waals surface area contributed by atoms with Gasteiger partial charge in [-0.05, 0) is 18.7 Å². The van der Waals surface area contributed by atoms with Crippen LogP contribution in [-0.4, -0.2) is 91.6 Å². The van der Waals surface area contributed by atoms with Crippen molar-refractivity contribution in [1.29, 1.82) is 5.26 Å². The standard InChI is InChI=1S/C26H31FN8O3/c1-33-4-6-34(7-5-33)15-17-9-20-24(31-22(17)16-36)35(19-11-26(20,27)12-19)25(37)32-23-10-21(29-3-8-38-2)18(13-28)14-30-23/h9-10,14,16,19H,3-8,11-12,15H2,1-2H3,(H2,29,30,32,37). The van der Waals surface area contributed by atoms with E-state index in [4.69, 9.17) is 4.74 Å². The zero-order valence-corrected chi connectivity index (χ0v) is 21.5. The Morgan fingerprint density at radius 1 is 1.32 bits per heavy atom. The van der Waals surface area contributed by atoms with Crippen LogP contribution < -0.4 is 15.5 Å². The molecule has 0 unspecified atom stereocenters. The first-order valence-corrected chi connectivity index (χ1v) is 12.7. The number of nitriles is 1. The maximum atomic E-state index is 15.8. The topological polar surface area (TPSA) is 127 Å². The SMILES string of the molecule is COCCNc1cc(NC(=O)N2c3nc(C=O)c(CN4CCN(C)CC4)cc3C3(F)CC2C3)ncc1C#N. The van der Waals surface area contributed by atoms with Gasteiger partial charge in [0.2, 0.25) is 0 Å². The zero-order valence-electron chi connectivity index (χ0n) is 21.5. The van der Waals surface area contributed by atoms with Crippen molar-refractivity contribution in [2.24, 2.45) is 0 Å². The monoisotopic (exact) mass is 522 g/mol. The van der Waals surface area contributed by atoms with Crippen LogP contribution in [0.25, 0.3) is 0 Å². The number of piperazine rings is 1. The number of ether oxygens (including phenoxy) is 1. The molecule has 38 heavy (non-hydrogen) atoms. The number of hydrogen-bond acceptors (Lipinski definition) is 9. The van der Waals surface area contributed by atoms with E-state index in [9.17, 15) is 14.9 Å². The van der Waals surface area contributed by atoms with E-state index in [1.165, 1.54) is 11.1 Å². The highest BCUT2D eigenvalue weighted by atomic mass is 19.1. The minimum absolute atomic E-state index is 0.170. The van der Waals surface area contributed by atoms with Gasteiger partial charge in [-0.3, -0.25) is 19.9 Å². The quantitative estimate of drug-likeness (QED) is 0.397. The molecule has 6 rings (SSSR count). The van der Waals surface area contributed by atoms with Crippen molar-refractivity contribution in [3.8, 4) is 6.07 Å². The Bertz CT molecular complexity index is 1270. The lowest BCUT2D eigenvalue weighted by Crippen LogP contribution is -2.60. The lowest BCUT2D eigenvalue weighted by atomic mass is 9.68. The van der Waals surface area contributed by atoms with Gasteiger partial charge in [0.15, 0.2) is 6.29 Å². The second kappa shape index (κ2) is 10.6. The summed E-state index contributed by atoms with van der Waals surface area (Å²) in [5, 5.41) is 15.2. The number of likely N-dealkylation sites (N-methyl/N-ethyl adjacent to an activating group) is 1. The van der Waals surface area contributed by atoms with Gasteiger partial charge in [0.05, 0.1) is 17.9 Å². The summed E-state index contributed by atoms with van der Waals surface area (Å²) in [5.41, 5.74) is 0.509. The molecule has 2 aromatic heterocycles. The van der Waals surface area contributed by atoms with Crippen LogP contribution in [0.2, 0.25) is 0 Å². The van der Waals surface area contributed by atoms with E-state index >= 15 is 4.39 Å². The first kappa shape index (κ1) is 26.0. The van der Waals surface area contributed by atoms with Gasteiger partial charge in [0.25, 0.3) is 0 Å². The molecule has 5 heterocycles. The lowest BCUT2D eigenvalue weighted by Gasteiger charge is -2.52. The van der Waals surface area contributed by atoms with Crippen LogP contribution in [0.3, 0.4) is 0 Å². The van der Waals surface area contributed by atoms with E-state index < -0.39 is 11.7 Å². The predicted octanol–water partition coefficient (Wildman–Crippen LogP) is 2.35. The smallest absolute Gasteiger partial charge is 0.328 e. The van der Waals surface area contributed by atoms with Crippen molar-refractivity contribution in [3.63, 3.8) is 0 Å². The maximum absolute atomic E-state index is 15.8. The molecule has 0 spiro atoms. The van der Waals surface area contributed by atoms with Crippen LogP contribution >= 0.6 is 0 Å². The first-order valence-electron chi connectivity index (χ1n) is 12.7. The van der Waals surface area contributed by atoms with Crippen LogP contribution in [0, 0.1) is 11.3 Å². The molecule has 12 heteroatoms. The minimum Gasteiger partial charge on any atom is -0.383 e. The summed E-state index contributed by atoms with van der Waals surface area (Å²) in [6.45, 7) is 4.95. The summed E-state index contributed by atoms with van der Waals surface area (Å²) in [6, 6.07) is 4.46. The Labute approximate surface area is 220 Å². The number of aromatic nitrogens is 2. The number of halogens is 1. The third-order valence-electron chi connectivity index (χ3n) is 7.51. The highest BCUT2D eigenvalue weighted by Gasteiger charge is 2.57. The fourth-order valence-corrected chi connectivity index (χ4v) is 5.29. The number of nitrogens with one attached hydrogen (secondary N) is 2. The lowest BCUT2D eigenvalue weighted by molar-refractivity contribution is 0.0281. The summed E-state index contributed by atoms with van der Waals surface area (Å²) in [7, 11) is 3.65. The number of amides is 2. The number of anilines is 3. The molecule has 2 fully saturated rings. The van der Waals surface area contributed by atoms with Crippen LogP contribution in [0.1, 0.15) is 40.0 Å². The molecular weight excluding hydrogens is 491 g/mol. The second-order valence-electron chi connectivity index (χ2n) is 10.1. The molecule has 0 radical (unpaired) electrons. The highest BCUT2D eigenvalue weighted by Crippen LogP contribution is 2.55. The number of carbonyl (C=O) groups is 2. The van der Waals surface area contributed by atoms with Crippen LogP contribution in [-0.2, 0) is 17.0 Å². The molecule has 3 aliphatic heterocycles. The van der Waals surface area contributed by atoms with Gasteiger partial charge in [-0.1, -0.05) is 0 Å². The molecular formula is C26H31FN8O3. The van der Waals surface area contributed by atoms with Gasteiger partial charge < -0.3 is 15.0 Å². The predicted molar refractivity (Wildman–Crippen MR) is 139 cm³/mol. The van der Waals surface area contributed by atoms with Crippen molar-refractivity contribution < 1.29 is 18.7 Å². The van der Waals surface area contributed by atoms with Gasteiger partial charge in [0.1, 0.15) is 29.1 Å². The van der Waals surface area contributed by atoms with Crippen molar-refractivity contribution in [3.05, 3.63) is 40.7 Å². The van der Waals surface area contributed by atoms with Gasteiger partial charge in [-0.2, -0.15) is 5.26 Å². The summed E-state index contributed by atoms with van der Waals surface area (Å²) >= 11 is 0. The number of urea groups is 1. The van der Waals surface area contributed by atoms with Crippen molar-refractivity contribution in [2.45, 2.75) is 31.1 Å². The third-order valence-corrected chi connectivity index (χ3v) is 7.51. The molecule has 2 amide bonds. The van der Waals surface area contributed by atoms with Crippen molar-refractivity contribution in [1.82, 2.24) is 19.8 Å². The normalized spacial score (nSPS) is 22.7. The number of carbonyl (C=O) groups excluding carboxylic acids is 2.